The molecule has 1 amide bonds. The molecule has 2 fully saturated rings. The normalized spacial score (nSPS) is 26.5. The average molecular weight is 657 g/mol. The molecular formula is C35H44N8O3S. The number of hydrogen-bond donors (Lipinski definition) is 1. The monoisotopic (exact) mass is 656 g/mol. The molecule has 0 saturated carbocycles. The molecule has 47 heavy (non-hydrogen) atoms. The summed E-state index contributed by atoms with van der Waals surface area (Å²) >= 11 is 1.54. The number of nitrogens with zero attached hydrogens (tertiary/aromatic N) is 7. The highest BCUT2D eigenvalue weighted by molar-refractivity contribution is 7.16. The topological polar surface area (TPSA) is 138 Å². The Balaban J connectivity index is 1.30. The first-order valence-electron chi connectivity index (χ1n) is 16.9. The number of nitriles is 1. The van der Waals surface area contributed by atoms with E-state index in [2.05, 4.69) is 50.3 Å². The predicted octanol–water partition coefficient (Wildman–Crippen LogP) is 5.08. The van der Waals surface area contributed by atoms with E-state index in [4.69, 9.17) is 30.1 Å². The largest absolute Gasteiger partial charge is 0.459 e. The van der Waals surface area contributed by atoms with Crippen molar-refractivity contribution in [3.05, 3.63) is 46.0 Å². The Labute approximate surface area is 280 Å². The number of nitrogen functional groups attached to an aromatic ring is 1. The molecule has 0 bridgehead atoms. The number of likely N-dealkylation sites (N-methyl/N-ethyl adjacent to an activating group) is 1. The molecule has 1 spiro atoms. The summed E-state index contributed by atoms with van der Waals surface area (Å²) in [4.78, 5) is 30.2. The van der Waals surface area contributed by atoms with Crippen LogP contribution in [0.2, 0.25) is 0 Å². The van der Waals surface area contributed by atoms with Gasteiger partial charge in [0.2, 0.25) is 5.91 Å². The van der Waals surface area contributed by atoms with Gasteiger partial charge in [0, 0.05) is 47.7 Å². The zero-order chi connectivity index (χ0) is 33.0. The molecule has 0 aromatic carbocycles. The number of ether oxygens (including phenoxy) is 1. The van der Waals surface area contributed by atoms with Gasteiger partial charge in [-0.3, -0.25) is 9.69 Å². The number of nitrogens with two attached hydrogens (primary N) is 1. The standard InChI is InChI=1S/C35H44N8O3S/c1-6-29(44)43-20(2)18-42(19-21(43)3)28-16-25(38-34(39-28)45-22(4)26-11-9-15-41(26)5)31-23-10-7-13-35(32(23)46-40-31)14-8-12-27-30(35)24(17-36)33(37)47-27/h6,16,20-22,26H,1,7-15,18-19,37H2,2-5H3/t20-,21-,22-,26-,35-/m0/s1. The molecule has 3 aromatic heterocycles. The number of likely N-dealkylation sites (tertiary alicyclic amines) is 1. The van der Waals surface area contributed by atoms with E-state index < -0.39 is 5.41 Å². The van der Waals surface area contributed by atoms with Gasteiger partial charge in [-0.25, -0.2) is 0 Å². The third-order valence-electron chi connectivity index (χ3n) is 10.9. The van der Waals surface area contributed by atoms with Crippen LogP contribution in [-0.2, 0) is 23.1 Å². The zero-order valence-corrected chi connectivity index (χ0v) is 28.6. The summed E-state index contributed by atoms with van der Waals surface area (Å²) in [5, 5.41) is 15.4. The number of amides is 1. The Morgan fingerprint density at radius 3 is 2.66 bits per heavy atom. The zero-order valence-electron chi connectivity index (χ0n) is 27.8. The molecule has 12 heteroatoms. The lowest BCUT2D eigenvalue weighted by Crippen LogP contribution is -2.58. The van der Waals surface area contributed by atoms with Gasteiger partial charge in [-0.15, -0.1) is 11.3 Å². The van der Waals surface area contributed by atoms with Crippen molar-refractivity contribution in [2.24, 2.45) is 0 Å². The maximum Gasteiger partial charge on any atom is 0.319 e. The summed E-state index contributed by atoms with van der Waals surface area (Å²) in [5.74, 6) is 1.52. The summed E-state index contributed by atoms with van der Waals surface area (Å²) in [6, 6.07) is 4.92. The van der Waals surface area contributed by atoms with Crippen LogP contribution in [0.4, 0.5) is 10.8 Å². The number of carbonyl (C=O) groups is 1. The molecule has 2 aliphatic heterocycles. The van der Waals surface area contributed by atoms with Crippen molar-refractivity contribution in [3.8, 4) is 23.5 Å². The van der Waals surface area contributed by atoms with Crippen LogP contribution in [0.5, 0.6) is 6.01 Å². The lowest BCUT2D eigenvalue weighted by atomic mass is 9.63. The molecule has 5 atom stereocenters. The van der Waals surface area contributed by atoms with Crippen molar-refractivity contribution in [1.82, 2.24) is 24.9 Å². The van der Waals surface area contributed by atoms with Crippen LogP contribution >= 0.6 is 11.3 Å². The molecule has 0 radical (unpaired) electrons. The number of thiophene rings is 1. The van der Waals surface area contributed by atoms with Crippen molar-refractivity contribution in [1.29, 1.82) is 5.26 Å². The lowest BCUT2D eigenvalue weighted by molar-refractivity contribution is -0.130. The lowest BCUT2D eigenvalue weighted by Gasteiger charge is -2.44. The second kappa shape index (κ2) is 12.3. The number of aryl methyl sites for hydroxylation is 1. The van der Waals surface area contributed by atoms with E-state index in [1.165, 1.54) is 11.0 Å². The van der Waals surface area contributed by atoms with Crippen LogP contribution in [0.1, 0.15) is 86.6 Å². The van der Waals surface area contributed by atoms with E-state index in [9.17, 15) is 10.1 Å². The van der Waals surface area contributed by atoms with Gasteiger partial charge in [-0.1, -0.05) is 11.7 Å². The van der Waals surface area contributed by atoms with Gasteiger partial charge >= 0.3 is 6.01 Å². The van der Waals surface area contributed by atoms with E-state index in [0.29, 0.717) is 41.1 Å². The van der Waals surface area contributed by atoms with E-state index >= 15 is 0 Å². The Morgan fingerprint density at radius 1 is 1.23 bits per heavy atom. The minimum atomic E-state index is -0.415. The van der Waals surface area contributed by atoms with Gasteiger partial charge in [0.25, 0.3) is 0 Å². The van der Waals surface area contributed by atoms with Crippen molar-refractivity contribution in [2.45, 2.75) is 102 Å². The van der Waals surface area contributed by atoms with Crippen LogP contribution in [0.25, 0.3) is 11.4 Å². The number of carbonyl (C=O) groups excluding carboxylic acids is 1. The molecule has 11 nitrogen and oxygen atoms in total. The molecule has 4 aliphatic rings. The van der Waals surface area contributed by atoms with Crippen LogP contribution in [-0.4, -0.2) is 81.7 Å². The van der Waals surface area contributed by atoms with Crippen LogP contribution in [0.15, 0.2) is 23.2 Å². The summed E-state index contributed by atoms with van der Waals surface area (Å²) in [5.41, 5.74) is 10.0. The maximum atomic E-state index is 12.6. The summed E-state index contributed by atoms with van der Waals surface area (Å²) in [6.45, 7) is 12.2. The van der Waals surface area contributed by atoms with Crippen LogP contribution < -0.4 is 15.4 Å². The third-order valence-corrected chi connectivity index (χ3v) is 12.0. The smallest absolute Gasteiger partial charge is 0.319 e. The molecule has 248 valence electrons. The quantitative estimate of drug-likeness (QED) is 0.358. The molecule has 2 saturated heterocycles. The van der Waals surface area contributed by atoms with Gasteiger partial charge in [-0.05, 0) is 97.4 Å². The molecule has 2 N–H and O–H groups in total. The van der Waals surface area contributed by atoms with Gasteiger partial charge in [0.1, 0.15) is 34.4 Å². The second-order valence-corrected chi connectivity index (χ2v) is 15.0. The fourth-order valence-corrected chi connectivity index (χ4v) is 9.98. The summed E-state index contributed by atoms with van der Waals surface area (Å²) in [6.07, 6.45) is 8.97. The number of aromatic nitrogens is 3. The molecule has 5 heterocycles. The van der Waals surface area contributed by atoms with Gasteiger partial charge in [0.05, 0.1) is 11.0 Å². The van der Waals surface area contributed by atoms with Gasteiger partial charge < -0.3 is 24.8 Å². The second-order valence-electron chi connectivity index (χ2n) is 13.8. The molecule has 3 aromatic rings. The third kappa shape index (κ3) is 5.28. The van der Waals surface area contributed by atoms with E-state index in [1.54, 1.807) is 11.3 Å². The number of hydrogen-bond acceptors (Lipinski definition) is 11. The number of anilines is 2. The summed E-state index contributed by atoms with van der Waals surface area (Å²) in [7, 11) is 2.14. The first-order valence-corrected chi connectivity index (χ1v) is 17.7. The molecule has 7 rings (SSSR count). The van der Waals surface area contributed by atoms with Crippen LogP contribution in [0, 0.1) is 11.3 Å². The van der Waals surface area contributed by atoms with E-state index in [-0.39, 0.29) is 30.1 Å². The minimum absolute atomic E-state index is 0.0364. The number of rotatable bonds is 6. The number of fused-ring (bicyclic) bond motifs is 4. The first-order chi connectivity index (χ1) is 22.6. The number of piperazine rings is 1. The predicted molar refractivity (Wildman–Crippen MR) is 182 cm³/mol. The van der Waals surface area contributed by atoms with Crippen molar-refractivity contribution >= 4 is 28.1 Å². The van der Waals surface area contributed by atoms with E-state index in [0.717, 1.165) is 80.6 Å². The average Bonchev–Trinajstić information content (AvgIpc) is 3.77. The Hall–Kier alpha value is -3.95. The van der Waals surface area contributed by atoms with Gasteiger partial charge in [0.15, 0.2) is 5.76 Å². The van der Waals surface area contributed by atoms with E-state index in [1.807, 2.05) is 11.0 Å². The maximum absolute atomic E-state index is 12.6. The molecular weight excluding hydrogens is 613 g/mol. The molecule has 0 unspecified atom stereocenters. The van der Waals surface area contributed by atoms with Gasteiger partial charge in [-0.2, -0.15) is 15.2 Å². The first kappa shape index (κ1) is 31.6. The highest BCUT2D eigenvalue weighted by Gasteiger charge is 2.49. The fourth-order valence-electron chi connectivity index (χ4n) is 8.81. The SMILES string of the molecule is C=CC(=O)N1[C@@H](C)CN(c2cc(-c3noc4c3CCC[C@@]43CCCc4sc(N)c(C#N)c43)nc(O[C@@H](C)[C@@H]3CCCN3C)n2)C[C@@H]1C. The Bertz CT molecular complexity index is 1730. The highest BCUT2D eigenvalue weighted by Crippen LogP contribution is 2.55. The van der Waals surface area contributed by atoms with Crippen molar-refractivity contribution < 1.29 is 14.1 Å². The highest BCUT2D eigenvalue weighted by atomic mass is 32.1. The van der Waals surface area contributed by atoms with Crippen LogP contribution in [0.3, 0.4) is 0 Å². The summed E-state index contributed by atoms with van der Waals surface area (Å²) < 4.78 is 12.8. The van der Waals surface area contributed by atoms with Crippen molar-refractivity contribution in [2.75, 3.05) is 37.3 Å². The fraction of sp³-hybridized carbons (Fsp3) is 0.571. The minimum Gasteiger partial charge on any atom is -0.459 e. The Kier molecular flexibility index (Phi) is 8.25. The Morgan fingerprint density at radius 2 is 1.98 bits per heavy atom. The molecule has 2 aliphatic carbocycles. The van der Waals surface area contributed by atoms with Crippen molar-refractivity contribution in [3.63, 3.8) is 0 Å².